The van der Waals surface area contributed by atoms with Crippen molar-refractivity contribution in [1.82, 2.24) is 0 Å². The second-order valence-corrected chi connectivity index (χ2v) is 16.9. The molecule has 0 spiro atoms. The predicted octanol–water partition coefficient (Wildman–Crippen LogP) is 5.37. The van der Waals surface area contributed by atoms with E-state index in [0.717, 1.165) is 49.7 Å². The third kappa shape index (κ3) is 5.41. The molecule has 0 saturated heterocycles. The lowest BCUT2D eigenvalue weighted by atomic mass is 9.45. The molecule has 0 bridgehead atoms. The molecule has 264 valence electrons. The van der Waals surface area contributed by atoms with Crippen LogP contribution >= 0.6 is 0 Å². The fraction of sp³-hybridized carbons (Fsp3) is 0.700. The Labute approximate surface area is 285 Å². The fourth-order valence-corrected chi connectivity index (χ4v) is 11.5. The van der Waals surface area contributed by atoms with Crippen molar-refractivity contribution < 1.29 is 39.5 Å². The summed E-state index contributed by atoms with van der Waals surface area (Å²) in [5.74, 6) is -1.13. The zero-order valence-electron chi connectivity index (χ0n) is 29.2. The molecule has 4 N–H and O–H groups in total. The van der Waals surface area contributed by atoms with Gasteiger partial charge in [0.15, 0.2) is 0 Å². The van der Waals surface area contributed by atoms with Gasteiger partial charge in [0.2, 0.25) is 0 Å². The van der Waals surface area contributed by atoms with E-state index < -0.39 is 41.0 Å². The molecule has 0 aromatic rings. The van der Waals surface area contributed by atoms with E-state index in [4.69, 9.17) is 9.47 Å². The Balaban J connectivity index is 1.30. The number of aliphatic hydroxyl groups excluding tert-OH is 4. The zero-order chi connectivity index (χ0) is 34.8. The van der Waals surface area contributed by atoms with Gasteiger partial charge in [0, 0.05) is 28.2 Å². The number of carbonyl (C=O) groups excluding carboxylic acids is 2. The fourth-order valence-electron chi connectivity index (χ4n) is 11.5. The van der Waals surface area contributed by atoms with Gasteiger partial charge in [-0.05, 0) is 98.5 Å². The van der Waals surface area contributed by atoms with Gasteiger partial charge in [-0.1, -0.05) is 64.2 Å². The summed E-state index contributed by atoms with van der Waals surface area (Å²) in [6.45, 7) is 17.4. The summed E-state index contributed by atoms with van der Waals surface area (Å²) < 4.78 is 11.4. The van der Waals surface area contributed by atoms with Gasteiger partial charge in [0.05, 0.1) is 31.0 Å². The lowest BCUT2D eigenvalue weighted by molar-refractivity contribution is -0.156. The van der Waals surface area contributed by atoms with Crippen LogP contribution in [-0.2, 0) is 19.1 Å². The topological polar surface area (TPSA) is 134 Å². The number of allylic oxidation sites excluding steroid dienone is 3. The Bertz CT molecular complexity index is 1440. The van der Waals surface area contributed by atoms with E-state index in [-0.39, 0.29) is 60.3 Å². The van der Waals surface area contributed by atoms with Crippen LogP contribution in [0.15, 0.2) is 59.8 Å². The van der Waals surface area contributed by atoms with E-state index in [1.54, 1.807) is 6.08 Å². The number of cyclic esters (lactones) is 2. The molecule has 0 unspecified atom stereocenters. The van der Waals surface area contributed by atoms with Crippen molar-refractivity contribution in [2.45, 2.75) is 104 Å². The lowest BCUT2D eigenvalue weighted by Gasteiger charge is -2.60. The molecule has 4 fully saturated rings. The van der Waals surface area contributed by atoms with E-state index >= 15 is 0 Å². The van der Waals surface area contributed by atoms with Crippen LogP contribution in [0.3, 0.4) is 0 Å². The Morgan fingerprint density at radius 2 is 1.46 bits per heavy atom. The summed E-state index contributed by atoms with van der Waals surface area (Å²) >= 11 is 0. The van der Waals surface area contributed by atoms with Crippen LogP contribution in [0.5, 0.6) is 0 Å². The molecule has 8 nitrogen and oxygen atoms in total. The van der Waals surface area contributed by atoms with Crippen molar-refractivity contribution >= 4 is 11.9 Å². The third-order valence-corrected chi connectivity index (χ3v) is 14.6. The molecule has 4 aliphatic carbocycles. The highest BCUT2D eigenvalue weighted by molar-refractivity contribution is 5.95. The van der Waals surface area contributed by atoms with Crippen molar-refractivity contribution in [1.29, 1.82) is 0 Å². The lowest BCUT2D eigenvalue weighted by Crippen LogP contribution is -2.57. The van der Waals surface area contributed by atoms with Gasteiger partial charge in [-0.2, -0.15) is 0 Å². The maximum absolute atomic E-state index is 13.5. The number of aliphatic hydroxyl groups is 4. The number of rotatable bonds is 8. The van der Waals surface area contributed by atoms with Gasteiger partial charge < -0.3 is 29.9 Å². The van der Waals surface area contributed by atoms with Crippen LogP contribution in [0.1, 0.15) is 85.5 Å². The first-order valence-corrected chi connectivity index (χ1v) is 18.1. The summed E-state index contributed by atoms with van der Waals surface area (Å²) in [4.78, 5) is 26.5. The average molecular weight is 665 g/mol. The van der Waals surface area contributed by atoms with Gasteiger partial charge in [-0.25, -0.2) is 9.59 Å². The molecule has 12 atom stereocenters. The van der Waals surface area contributed by atoms with Gasteiger partial charge in [-0.15, -0.1) is 0 Å². The molecule has 4 saturated carbocycles. The molecule has 6 aliphatic rings. The molecule has 8 heteroatoms. The zero-order valence-corrected chi connectivity index (χ0v) is 29.2. The Hall–Kier alpha value is -2.52. The van der Waals surface area contributed by atoms with E-state index in [2.05, 4.69) is 33.1 Å². The highest BCUT2D eigenvalue weighted by Gasteiger charge is 2.59. The van der Waals surface area contributed by atoms with Crippen LogP contribution in [0.2, 0.25) is 0 Å². The van der Waals surface area contributed by atoms with Crippen molar-refractivity contribution in [2.75, 3.05) is 19.8 Å². The van der Waals surface area contributed by atoms with Crippen molar-refractivity contribution in [3.05, 3.63) is 59.8 Å². The highest BCUT2D eigenvalue weighted by atomic mass is 16.6. The first kappa shape index (κ1) is 35.3. The molecular formula is C40H56O8. The van der Waals surface area contributed by atoms with Crippen LogP contribution in [-0.4, -0.2) is 70.5 Å². The number of fused-ring (bicyclic) bond motifs is 2. The van der Waals surface area contributed by atoms with Crippen LogP contribution < -0.4 is 0 Å². The van der Waals surface area contributed by atoms with Gasteiger partial charge in [0.1, 0.15) is 12.7 Å². The van der Waals surface area contributed by atoms with E-state index in [0.29, 0.717) is 30.4 Å². The predicted molar refractivity (Wildman–Crippen MR) is 182 cm³/mol. The van der Waals surface area contributed by atoms with E-state index in [1.165, 1.54) is 0 Å². The van der Waals surface area contributed by atoms with Crippen molar-refractivity contribution in [2.24, 2.45) is 51.2 Å². The average Bonchev–Trinajstić information content (AvgIpc) is 3.65. The second kappa shape index (κ2) is 12.7. The molecule has 48 heavy (non-hydrogen) atoms. The third-order valence-electron chi connectivity index (χ3n) is 14.6. The van der Waals surface area contributed by atoms with E-state index in [9.17, 15) is 30.0 Å². The SMILES string of the molecule is C=C1CC[C@@H]2[C@](C)(CO)[C@H](O)CC[C@@]2(C)[C@@H]1/C=C/C1=C[C@H]([C@@H](C[C@@H]2C(=C)CC[C@@H]3[C@](C)(CO)[C@H](O)CC[C@]32C)C2=CCOC2=O)OC1=O. The highest BCUT2D eigenvalue weighted by Crippen LogP contribution is 2.63. The van der Waals surface area contributed by atoms with Gasteiger partial charge >= 0.3 is 11.9 Å². The molecule has 0 aromatic carbocycles. The minimum absolute atomic E-state index is 0.00875. The van der Waals surface area contributed by atoms with Gasteiger partial charge in [0.25, 0.3) is 0 Å². The normalized spacial score (nSPS) is 45.3. The minimum atomic E-state index is -0.662. The second-order valence-electron chi connectivity index (χ2n) is 16.9. The molecule has 2 heterocycles. The number of carbonyl (C=O) groups is 2. The Morgan fingerprint density at radius 1 is 0.875 bits per heavy atom. The maximum Gasteiger partial charge on any atom is 0.338 e. The van der Waals surface area contributed by atoms with Crippen molar-refractivity contribution in [3.8, 4) is 0 Å². The monoisotopic (exact) mass is 664 g/mol. The largest absolute Gasteiger partial charge is 0.458 e. The molecule has 0 radical (unpaired) electrons. The Kier molecular flexibility index (Phi) is 9.32. The smallest absolute Gasteiger partial charge is 0.338 e. The minimum Gasteiger partial charge on any atom is -0.458 e. The molecular weight excluding hydrogens is 608 g/mol. The van der Waals surface area contributed by atoms with E-state index in [1.807, 2.05) is 26.0 Å². The quantitative estimate of drug-likeness (QED) is 0.201. The van der Waals surface area contributed by atoms with Crippen molar-refractivity contribution in [3.63, 3.8) is 0 Å². The summed E-state index contributed by atoms with van der Waals surface area (Å²) in [6, 6.07) is 0. The maximum atomic E-state index is 13.5. The number of hydrogen-bond donors (Lipinski definition) is 4. The summed E-state index contributed by atoms with van der Waals surface area (Å²) in [5.41, 5.74) is 1.44. The number of esters is 2. The summed E-state index contributed by atoms with van der Waals surface area (Å²) in [6.07, 6.45) is 12.3. The Morgan fingerprint density at radius 3 is 2.04 bits per heavy atom. The first-order valence-electron chi connectivity index (χ1n) is 18.1. The van der Waals surface area contributed by atoms with Gasteiger partial charge in [-0.3, -0.25) is 0 Å². The molecule has 0 amide bonds. The summed E-state index contributed by atoms with van der Waals surface area (Å²) in [7, 11) is 0. The molecule has 6 rings (SSSR count). The number of ether oxygens (including phenoxy) is 2. The molecule has 2 aliphatic heterocycles. The summed E-state index contributed by atoms with van der Waals surface area (Å²) in [5, 5.41) is 42.7. The first-order chi connectivity index (χ1) is 22.6. The number of hydrogen-bond acceptors (Lipinski definition) is 8. The van der Waals surface area contributed by atoms with Crippen LogP contribution in [0.4, 0.5) is 0 Å². The van der Waals surface area contributed by atoms with Crippen LogP contribution in [0.25, 0.3) is 0 Å². The standard InChI is InChI=1S/C40H56O8/c1-23-7-11-31-37(3,16-13-33(43)39(31,5)21-41)28(23)10-9-25-19-30(48-35(25)45)27(26-15-18-47-36(26)46)20-29-24(2)8-12-32-38(29,4)17-14-34(44)40(32,6)22-42/h9-10,15,19,27-34,41-44H,1-2,7-8,11-14,16-18,20-22H2,3-6H3/b10-9+/t27-,28+,29+,30+,31-,32-,33+,34+,37-,38-,39-,40-/m0/s1. The molecule has 0 aromatic heterocycles. The van der Waals surface area contributed by atoms with Crippen LogP contribution in [0, 0.1) is 51.2 Å².